The van der Waals surface area contributed by atoms with Crippen molar-refractivity contribution < 1.29 is 5.11 Å². The van der Waals surface area contributed by atoms with Crippen molar-refractivity contribution in [1.82, 2.24) is 19.5 Å². The molecule has 3 rings (SSSR count). The monoisotopic (exact) mass is 309 g/mol. The van der Waals surface area contributed by atoms with Gasteiger partial charge in [-0.25, -0.2) is 19.5 Å². The highest BCUT2D eigenvalue weighted by atomic mass is 16.3. The molecule has 6 nitrogen and oxygen atoms in total. The minimum Gasteiger partial charge on any atom is -0.493 e. The lowest BCUT2D eigenvalue weighted by Crippen LogP contribution is -2.07. The molecule has 0 saturated carbocycles. The Balaban J connectivity index is 2.05. The molecule has 0 fully saturated rings. The number of hydrogen-bond acceptors (Lipinski definition) is 5. The van der Waals surface area contributed by atoms with Crippen LogP contribution in [0.2, 0.25) is 0 Å². The van der Waals surface area contributed by atoms with Crippen LogP contribution in [0.15, 0.2) is 30.5 Å². The highest BCUT2D eigenvalue weighted by Gasteiger charge is 2.14. The third-order valence-electron chi connectivity index (χ3n) is 3.39. The van der Waals surface area contributed by atoms with Gasteiger partial charge in [0, 0.05) is 17.1 Å². The normalized spacial score (nSPS) is 10.8. The predicted molar refractivity (Wildman–Crippen MR) is 89.5 cm³/mol. The second-order valence-electron chi connectivity index (χ2n) is 5.73. The first-order valence-corrected chi connectivity index (χ1v) is 7.37. The van der Waals surface area contributed by atoms with Gasteiger partial charge in [0.1, 0.15) is 0 Å². The number of nitrogens with one attached hydrogen (secondary N) is 1. The van der Waals surface area contributed by atoms with Gasteiger partial charge in [0.2, 0.25) is 17.8 Å². The maximum atomic E-state index is 10.1. The van der Waals surface area contributed by atoms with E-state index in [9.17, 15) is 5.11 Å². The Bertz CT molecular complexity index is 829. The summed E-state index contributed by atoms with van der Waals surface area (Å²) < 4.78 is 1.50. The van der Waals surface area contributed by atoms with E-state index in [-0.39, 0.29) is 5.88 Å². The van der Waals surface area contributed by atoms with Gasteiger partial charge in [-0.2, -0.15) is 0 Å². The molecule has 2 N–H and O–H groups in total. The van der Waals surface area contributed by atoms with Crippen LogP contribution in [0.5, 0.6) is 5.88 Å². The number of benzene rings is 1. The van der Waals surface area contributed by atoms with Crippen LogP contribution < -0.4 is 5.32 Å². The Morgan fingerprint density at radius 1 is 0.913 bits per heavy atom. The second-order valence-corrected chi connectivity index (χ2v) is 5.73. The van der Waals surface area contributed by atoms with Crippen LogP contribution in [0, 0.1) is 27.7 Å². The number of hydrogen-bond donors (Lipinski definition) is 2. The van der Waals surface area contributed by atoms with E-state index >= 15 is 0 Å². The van der Waals surface area contributed by atoms with Gasteiger partial charge in [-0.3, -0.25) is 0 Å². The molecule has 6 heteroatoms. The fourth-order valence-corrected chi connectivity index (χ4v) is 2.61. The summed E-state index contributed by atoms with van der Waals surface area (Å²) in [7, 11) is 0. The van der Waals surface area contributed by atoms with Crippen LogP contribution in [0.1, 0.15) is 22.5 Å². The van der Waals surface area contributed by atoms with E-state index in [2.05, 4.69) is 26.3 Å². The summed E-state index contributed by atoms with van der Waals surface area (Å²) in [5.41, 5.74) is 4.87. The Kier molecular flexibility index (Phi) is 3.73. The summed E-state index contributed by atoms with van der Waals surface area (Å²) >= 11 is 0. The lowest BCUT2D eigenvalue weighted by molar-refractivity contribution is 0.440. The van der Waals surface area contributed by atoms with Gasteiger partial charge in [0.05, 0.1) is 6.20 Å². The number of imidazole rings is 1. The molecule has 2 heterocycles. The van der Waals surface area contributed by atoms with E-state index < -0.39 is 0 Å². The van der Waals surface area contributed by atoms with Crippen molar-refractivity contribution in [3.05, 3.63) is 53.0 Å². The van der Waals surface area contributed by atoms with Gasteiger partial charge < -0.3 is 10.4 Å². The third kappa shape index (κ3) is 3.15. The van der Waals surface area contributed by atoms with Crippen LogP contribution >= 0.6 is 0 Å². The van der Waals surface area contributed by atoms with Crippen molar-refractivity contribution in [1.29, 1.82) is 0 Å². The van der Waals surface area contributed by atoms with Gasteiger partial charge in [0.15, 0.2) is 0 Å². The molecule has 0 atom stereocenters. The molecule has 0 aliphatic carbocycles. The molecule has 0 unspecified atom stereocenters. The van der Waals surface area contributed by atoms with Gasteiger partial charge >= 0.3 is 0 Å². The first-order valence-electron chi connectivity index (χ1n) is 7.37. The van der Waals surface area contributed by atoms with E-state index in [1.54, 1.807) is 0 Å². The molecule has 0 aliphatic rings. The number of aromatic nitrogens is 4. The molecular formula is C17H19N5O. The lowest BCUT2D eigenvalue weighted by atomic mass is 10.1. The first-order chi connectivity index (χ1) is 10.9. The van der Waals surface area contributed by atoms with Crippen molar-refractivity contribution in [3.8, 4) is 11.8 Å². The van der Waals surface area contributed by atoms with Crippen molar-refractivity contribution in [2.24, 2.45) is 0 Å². The zero-order valence-corrected chi connectivity index (χ0v) is 13.6. The third-order valence-corrected chi connectivity index (χ3v) is 3.39. The number of aromatic hydroxyl groups is 1. The van der Waals surface area contributed by atoms with Gasteiger partial charge in [0.25, 0.3) is 0 Å². The van der Waals surface area contributed by atoms with Crippen molar-refractivity contribution >= 4 is 11.6 Å². The van der Waals surface area contributed by atoms with Crippen LogP contribution in [-0.2, 0) is 0 Å². The summed E-state index contributed by atoms with van der Waals surface area (Å²) in [6.45, 7) is 7.86. The molecule has 2 aromatic heterocycles. The molecule has 0 aliphatic heterocycles. The average Bonchev–Trinajstić information content (AvgIpc) is 2.77. The van der Waals surface area contributed by atoms with Crippen LogP contribution in [0.3, 0.4) is 0 Å². The molecule has 1 aromatic carbocycles. The van der Waals surface area contributed by atoms with Crippen molar-refractivity contribution in [2.75, 3.05) is 5.32 Å². The SMILES string of the molecule is Cc1cc(C)cc(Nc2ncc(O)n2-c2nc(C)cc(C)n2)c1. The highest BCUT2D eigenvalue weighted by Crippen LogP contribution is 2.25. The van der Waals surface area contributed by atoms with E-state index in [0.29, 0.717) is 11.9 Å². The number of anilines is 2. The summed E-state index contributed by atoms with van der Waals surface area (Å²) in [5, 5.41) is 13.4. The lowest BCUT2D eigenvalue weighted by Gasteiger charge is -2.11. The summed E-state index contributed by atoms with van der Waals surface area (Å²) in [5.74, 6) is 0.851. The molecule has 118 valence electrons. The molecule has 23 heavy (non-hydrogen) atoms. The maximum Gasteiger partial charge on any atom is 0.239 e. The van der Waals surface area contributed by atoms with Crippen molar-refractivity contribution in [3.63, 3.8) is 0 Å². The minimum atomic E-state index is -0.0122. The molecule has 0 saturated heterocycles. The van der Waals surface area contributed by atoms with Crippen LogP contribution in [-0.4, -0.2) is 24.6 Å². The van der Waals surface area contributed by atoms with E-state index in [0.717, 1.165) is 28.2 Å². The zero-order chi connectivity index (χ0) is 16.6. The van der Waals surface area contributed by atoms with Gasteiger partial charge in [-0.15, -0.1) is 0 Å². The summed E-state index contributed by atoms with van der Waals surface area (Å²) in [6, 6.07) is 8.02. The topological polar surface area (TPSA) is 75.9 Å². The average molecular weight is 309 g/mol. The highest BCUT2D eigenvalue weighted by molar-refractivity contribution is 5.58. The maximum absolute atomic E-state index is 10.1. The first kappa shape index (κ1) is 15.0. The molecule has 3 aromatic rings. The number of rotatable bonds is 3. The van der Waals surface area contributed by atoms with Crippen LogP contribution in [0.25, 0.3) is 5.95 Å². The number of nitrogens with zero attached hydrogens (tertiary/aromatic N) is 4. The zero-order valence-electron chi connectivity index (χ0n) is 13.6. The van der Waals surface area contributed by atoms with E-state index in [4.69, 9.17) is 0 Å². The fraction of sp³-hybridized carbons (Fsp3) is 0.235. The van der Waals surface area contributed by atoms with E-state index in [1.807, 2.05) is 45.9 Å². The minimum absolute atomic E-state index is 0.0122. The Hall–Kier alpha value is -2.89. The Morgan fingerprint density at radius 3 is 2.13 bits per heavy atom. The van der Waals surface area contributed by atoms with Gasteiger partial charge in [-0.1, -0.05) is 6.07 Å². The van der Waals surface area contributed by atoms with Gasteiger partial charge in [-0.05, 0) is 57.0 Å². The molecule has 0 spiro atoms. The Labute approximate surface area is 134 Å². The smallest absolute Gasteiger partial charge is 0.239 e. The summed E-state index contributed by atoms with van der Waals surface area (Å²) in [6.07, 6.45) is 1.38. The van der Waals surface area contributed by atoms with Crippen molar-refractivity contribution in [2.45, 2.75) is 27.7 Å². The predicted octanol–water partition coefficient (Wildman–Crippen LogP) is 3.35. The summed E-state index contributed by atoms with van der Waals surface area (Å²) in [4.78, 5) is 13.0. The molecule has 0 radical (unpaired) electrons. The Morgan fingerprint density at radius 2 is 1.52 bits per heavy atom. The van der Waals surface area contributed by atoms with Crippen LogP contribution in [0.4, 0.5) is 11.6 Å². The quantitative estimate of drug-likeness (QED) is 0.776. The standard InChI is InChI=1S/C17H19N5O/c1-10-5-11(2)7-14(6-10)21-16-18-9-15(23)22(16)17-19-12(3)8-13(4)20-17/h5-9,23H,1-4H3,(H,18,21). The molecule has 0 bridgehead atoms. The fourth-order valence-electron chi connectivity index (χ4n) is 2.61. The molecule has 0 amide bonds. The molecular weight excluding hydrogens is 290 g/mol. The second kappa shape index (κ2) is 5.72. The van der Waals surface area contributed by atoms with E-state index in [1.165, 1.54) is 10.8 Å². The largest absolute Gasteiger partial charge is 0.493 e. The number of aryl methyl sites for hydroxylation is 4.